The van der Waals surface area contributed by atoms with Crippen molar-refractivity contribution in [2.75, 3.05) is 20.2 Å². The summed E-state index contributed by atoms with van der Waals surface area (Å²) in [4.78, 5) is 27.3. The van der Waals surface area contributed by atoms with E-state index >= 15 is 0 Å². The maximum Gasteiger partial charge on any atom is 0.312 e. The average molecular weight is 419 g/mol. The summed E-state index contributed by atoms with van der Waals surface area (Å²) in [7, 11) is 1.34. The first-order chi connectivity index (χ1) is 14.5. The minimum absolute atomic E-state index is 0.00388. The molecule has 2 atom stereocenters. The van der Waals surface area contributed by atoms with Gasteiger partial charge < -0.3 is 14.6 Å². The number of rotatable bonds is 5. The lowest BCUT2D eigenvalue weighted by molar-refractivity contribution is -0.149. The summed E-state index contributed by atoms with van der Waals surface area (Å²) >= 11 is 0. The van der Waals surface area contributed by atoms with Crippen LogP contribution in [0.2, 0.25) is 0 Å². The molecule has 1 amide bonds. The number of esters is 1. The summed E-state index contributed by atoms with van der Waals surface area (Å²) in [5.74, 6) is -2.87. The van der Waals surface area contributed by atoms with E-state index in [1.807, 2.05) is 0 Å². The molecule has 1 saturated carbocycles. The topological polar surface area (TPSA) is 84.7 Å². The molecule has 4 rings (SSSR count). The monoisotopic (exact) mass is 419 g/mol. The SMILES string of the molecule is COC(=O)[C@H]1CN(C2CCC2)CC[C@@H]1NC(=O)c1cc(-c2ccc(F)cc2F)on1. The van der Waals surface area contributed by atoms with Gasteiger partial charge in [-0.05, 0) is 31.4 Å². The molecule has 30 heavy (non-hydrogen) atoms. The first kappa shape index (κ1) is 20.5. The maximum atomic E-state index is 13.9. The molecule has 0 unspecified atom stereocenters. The number of aromatic nitrogens is 1. The summed E-state index contributed by atoms with van der Waals surface area (Å²) in [6, 6.07) is 4.44. The van der Waals surface area contributed by atoms with Crippen LogP contribution in [0.1, 0.15) is 36.2 Å². The Balaban J connectivity index is 1.46. The van der Waals surface area contributed by atoms with Crippen molar-refractivity contribution in [1.82, 2.24) is 15.4 Å². The van der Waals surface area contributed by atoms with Crippen molar-refractivity contribution < 1.29 is 27.6 Å². The van der Waals surface area contributed by atoms with Crippen LogP contribution in [0.15, 0.2) is 28.8 Å². The van der Waals surface area contributed by atoms with Gasteiger partial charge >= 0.3 is 5.97 Å². The molecule has 1 N–H and O–H groups in total. The number of benzene rings is 1. The lowest BCUT2D eigenvalue weighted by atomic mass is 9.85. The predicted molar refractivity (Wildman–Crippen MR) is 102 cm³/mol. The van der Waals surface area contributed by atoms with Gasteiger partial charge in [-0.15, -0.1) is 0 Å². The summed E-state index contributed by atoms with van der Waals surface area (Å²) < 4.78 is 37.1. The van der Waals surface area contributed by atoms with E-state index in [-0.39, 0.29) is 23.0 Å². The third-order valence-electron chi connectivity index (χ3n) is 6.00. The second-order valence-corrected chi connectivity index (χ2v) is 7.78. The number of likely N-dealkylation sites (tertiary alicyclic amines) is 1. The quantitative estimate of drug-likeness (QED) is 0.751. The zero-order valence-electron chi connectivity index (χ0n) is 16.6. The lowest BCUT2D eigenvalue weighted by Crippen LogP contribution is -2.57. The van der Waals surface area contributed by atoms with Crippen molar-refractivity contribution in [2.45, 2.75) is 37.8 Å². The van der Waals surface area contributed by atoms with Crippen LogP contribution in [-0.4, -0.2) is 54.2 Å². The molecule has 0 radical (unpaired) electrons. The molecule has 0 bridgehead atoms. The Kier molecular flexibility index (Phi) is 5.80. The van der Waals surface area contributed by atoms with Crippen LogP contribution in [0.3, 0.4) is 0 Å². The smallest absolute Gasteiger partial charge is 0.312 e. The van der Waals surface area contributed by atoms with Gasteiger partial charge in [0.15, 0.2) is 11.5 Å². The van der Waals surface area contributed by atoms with Gasteiger partial charge in [0.25, 0.3) is 5.91 Å². The number of piperidine rings is 1. The molecule has 7 nitrogen and oxygen atoms in total. The first-order valence-corrected chi connectivity index (χ1v) is 10.0. The Labute approximate surface area is 172 Å². The molecule has 1 aromatic carbocycles. The Morgan fingerprint density at radius 1 is 1.23 bits per heavy atom. The zero-order chi connectivity index (χ0) is 21.3. The van der Waals surface area contributed by atoms with E-state index in [1.54, 1.807) is 0 Å². The molecule has 160 valence electrons. The number of carbonyl (C=O) groups excluding carboxylic acids is 2. The number of methoxy groups -OCH3 is 1. The van der Waals surface area contributed by atoms with Gasteiger partial charge in [0.1, 0.15) is 11.6 Å². The number of hydrogen-bond donors (Lipinski definition) is 1. The van der Waals surface area contributed by atoms with Gasteiger partial charge in [0.05, 0.1) is 18.6 Å². The Morgan fingerprint density at radius 3 is 2.70 bits per heavy atom. The summed E-state index contributed by atoms with van der Waals surface area (Å²) in [5.41, 5.74) is -0.0389. The predicted octanol–water partition coefficient (Wildman–Crippen LogP) is 2.77. The van der Waals surface area contributed by atoms with Crippen molar-refractivity contribution in [2.24, 2.45) is 5.92 Å². The molecule has 9 heteroatoms. The fourth-order valence-corrected chi connectivity index (χ4v) is 4.06. The van der Waals surface area contributed by atoms with Crippen LogP contribution in [0.25, 0.3) is 11.3 Å². The van der Waals surface area contributed by atoms with Crippen LogP contribution in [0.5, 0.6) is 0 Å². The summed E-state index contributed by atoms with van der Waals surface area (Å²) in [6.07, 6.45) is 4.08. The molecule has 2 fully saturated rings. The largest absolute Gasteiger partial charge is 0.469 e. The van der Waals surface area contributed by atoms with E-state index in [0.717, 1.165) is 31.5 Å². The van der Waals surface area contributed by atoms with E-state index in [1.165, 1.54) is 25.7 Å². The number of amides is 1. The van der Waals surface area contributed by atoms with Gasteiger partial charge in [-0.1, -0.05) is 11.6 Å². The zero-order valence-corrected chi connectivity index (χ0v) is 16.6. The van der Waals surface area contributed by atoms with Gasteiger partial charge in [0, 0.05) is 37.3 Å². The van der Waals surface area contributed by atoms with Crippen LogP contribution in [0, 0.1) is 17.6 Å². The van der Waals surface area contributed by atoms with Gasteiger partial charge in [0.2, 0.25) is 0 Å². The summed E-state index contributed by atoms with van der Waals surface area (Å²) in [6.45, 7) is 1.32. The van der Waals surface area contributed by atoms with E-state index in [0.29, 0.717) is 19.0 Å². The number of nitrogens with one attached hydrogen (secondary N) is 1. The highest BCUT2D eigenvalue weighted by atomic mass is 19.1. The molecule has 1 aromatic heterocycles. The number of halogens is 2. The maximum absolute atomic E-state index is 13.9. The molecule has 2 aliphatic rings. The van der Waals surface area contributed by atoms with Crippen LogP contribution >= 0.6 is 0 Å². The molecule has 1 aliphatic heterocycles. The number of ether oxygens (including phenoxy) is 1. The highest BCUT2D eigenvalue weighted by molar-refractivity contribution is 5.93. The number of nitrogens with zero attached hydrogens (tertiary/aromatic N) is 2. The van der Waals surface area contributed by atoms with E-state index in [2.05, 4.69) is 15.4 Å². The third-order valence-corrected chi connectivity index (χ3v) is 6.00. The van der Waals surface area contributed by atoms with Crippen LogP contribution in [-0.2, 0) is 9.53 Å². The highest BCUT2D eigenvalue weighted by Gasteiger charge is 2.39. The first-order valence-electron chi connectivity index (χ1n) is 10.0. The fraction of sp³-hybridized carbons (Fsp3) is 0.476. The summed E-state index contributed by atoms with van der Waals surface area (Å²) in [5, 5.41) is 6.54. The number of hydrogen-bond acceptors (Lipinski definition) is 6. The number of carbonyl (C=O) groups is 2. The van der Waals surface area contributed by atoms with Crippen molar-refractivity contribution in [3.05, 3.63) is 41.6 Å². The van der Waals surface area contributed by atoms with Crippen molar-refractivity contribution in [1.29, 1.82) is 0 Å². The van der Waals surface area contributed by atoms with E-state index < -0.39 is 29.5 Å². The Morgan fingerprint density at radius 2 is 2.03 bits per heavy atom. The van der Waals surface area contributed by atoms with E-state index in [4.69, 9.17) is 9.26 Å². The van der Waals surface area contributed by atoms with Crippen molar-refractivity contribution >= 4 is 11.9 Å². The molecule has 1 aliphatic carbocycles. The van der Waals surface area contributed by atoms with Crippen molar-refractivity contribution in [3.63, 3.8) is 0 Å². The second kappa shape index (κ2) is 8.51. The van der Waals surface area contributed by atoms with Gasteiger partial charge in [-0.3, -0.25) is 14.5 Å². The molecule has 2 aromatic rings. The van der Waals surface area contributed by atoms with Gasteiger partial charge in [-0.2, -0.15) is 0 Å². The molecule has 0 spiro atoms. The molecule has 2 heterocycles. The second-order valence-electron chi connectivity index (χ2n) is 7.78. The minimum Gasteiger partial charge on any atom is -0.469 e. The molecular formula is C21H23F2N3O4. The molecule has 1 saturated heterocycles. The van der Waals surface area contributed by atoms with Gasteiger partial charge in [-0.25, -0.2) is 8.78 Å². The van der Waals surface area contributed by atoms with Crippen LogP contribution < -0.4 is 5.32 Å². The minimum atomic E-state index is -0.813. The fourth-order valence-electron chi connectivity index (χ4n) is 4.06. The lowest BCUT2D eigenvalue weighted by Gasteiger charge is -2.44. The molecular weight excluding hydrogens is 396 g/mol. The Bertz CT molecular complexity index is 944. The normalized spacial score (nSPS) is 22.4. The van der Waals surface area contributed by atoms with E-state index in [9.17, 15) is 18.4 Å². The third kappa shape index (κ3) is 4.07. The van der Waals surface area contributed by atoms with Crippen LogP contribution in [0.4, 0.5) is 8.78 Å². The average Bonchev–Trinajstić information content (AvgIpc) is 3.17. The Hall–Kier alpha value is -2.81. The highest BCUT2D eigenvalue weighted by Crippen LogP contribution is 2.30. The standard InChI is InChI=1S/C21H23F2N3O4/c1-29-21(28)15-11-26(13-3-2-4-13)8-7-17(15)24-20(27)18-10-19(30-25-18)14-6-5-12(22)9-16(14)23/h5-6,9-10,13,15,17H,2-4,7-8,11H2,1H3,(H,24,27)/t15-,17-/m0/s1. The van der Waals surface area contributed by atoms with Crippen molar-refractivity contribution in [3.8, 4) is 11.3 Å².